The predicted octanol–water partition coefficient (Wildman–Crippen LogP) is 8.08. The molecule has 1 rings (SSSR count). The van der Waals surface area contributed by atoms with Gasteiger partial charge in [0.15, 0.2) is 0 Å². The zero-order chi connectivity index (χ0) is 21.1. The van der Waals surface area contributed by atoms with E-state index < -0.39 is 0 Å². The van der Waals surface area contributed by atoms with Crippen molar-refractivity contribution in [2.24, 2.45) is 17.8 Å². The van der Waals surface area contributed by atoms with Crippen molar-refractivity contribution in [3.05, 3.63) is 33.3 Å². The van der Waals surface area contributed by atoms with Crippen molar-refractivity contribution in [2.45, 2.75) is 93.1 Å². The number of allylic oxidation sites excluding steroid dienone is 3. The van der Waals surface area contributed by atoms with Gasteiger partial charge in [-0.05, 0) is 83.6 Å². The van der Waals surface area contributed by atoms with E-state index >= 15 is 0 Å². The SMILES string of the molecule is CO[C@@H](C)C[C@H](C)[C@@H](C)[C@@H](C)CCC/C(C)=C\CC/C(C)=C/c1csc(C)n1. The third kappa shape index (κ3) is 10.0. The third-order valence-electron chi connectivity index (χ3n) is 6.19. The number of aryl methyl sites for hydroxylation is 1. The zero-order valence-electron chi connectivity index (χ0n) is 19.5. The minimum Gasteiger partial charge on any atom is -0.382 e. The van der Waals surface area contributed by atoms with E-state index in [-0.39, 0.29) is 0 Å². The van der Waals surface area contributed by atoms with Crippen LogP contribution >= 0.6 is 11.3 Å². The molecular formula is C25H43NOS. The van der Waals surface area contributed by atoms with Crippen molar-refractivity contribution in [1.29, 1.82) is 0 Å². The molecule has 0 unspecified atom stereocenters. The largest absolute Gasteiger partial charge is 0.382 e. The van der Waals surface area contributed by atoms with Crippen LogP contribution < -0.4 is 0 Å². The molecule has 3 heteroatoms. The van der Waals surface area contributed by atoms with Gasteiger partial charge >= 0.3 is 0 Å². The van der Waals surface area contributed by atoms with E-state index in [4.69, 9.17) is 4.74 Å². The van der Waals surface area contributed by atoms with Crippen LogP contribution in [0.15, 0.2) is 22.6 Å². The van der Waals surface area contributed by atoms with Gasteiger partial charge in [0, 0.05) is 12.5 Å². The topological polar surface area (TPSA) is 22.1 Å². The maximum absolute atomic E-state index is 5.44. The Morgan fingerprint density at radius 1 is 1.11 bits per heavy atom. The second-order valence-electron chi connectivity index (χ2n) is 8.86. The van der Waals surface area contributed by atoms with Crippen LogP contribution in [0.2, 0.25) is 0 Å². The summed E-state index contributed by atoms with van der Waals surface area (Å²) in [5.74, 6) is 2.25. The second-order valence-corrected chi connectivity index (χ2v) is 9.92. The first kappa shape index (κ1) is 25.1. The molecule has 0 N–H and O–H groups in total. The minimum absolute atomic E-state index is 0.367. The quantitative estimate of drug-likeness (QED) is 0.309. The van der Waals surface area contributed by atoms with Crippen molar-refractivity contribution >= 4 is 17.4 Å². The van der Waals surface area contributed by atoms with E-state index in [0.29, 0.717) is 6.10 Å². The third-order valence-corrected chi connectivity index (χ3v) is 6.99. The lowest BCUT2D eigenvalue weighted by Crippen LogP contribution is -2.21. The van der Waals surface area contributed by atoms with Crippen molar-refractivity contribution < 1.29 is 4.74 Å². The van der Waals surface area contributed by atoms with Gasteiger partial charge in [-0.2, -0.15) is 0 Å². The molecule has 0 bridgehead atoms. The van der Waals surface area contributed by atoms with E-state index in [1.165, 1.54) is 24.8 Å². The number of ether oxygens (including phenoxy) is 1. The molecule has 160 valence electrons. The molecule has 0 saturated heterocycles. The average molecular weight is 406 g/mol. The first-order chi connectivity index (χ1) is 13.2. The molecule has 28 heavy (non-hydrogen) atoms. The minimum atomic E-state index is 0.367. The van der Waals surface area contributed by atoms with E-state index in [1.54, 1.807) is 16.9 Å². The van der Waals surface area contributed by atoms with Gasteiger partial charge < -0.3 is 4.74 Å². The molecule has 0 aromatic carbocycles. The van der Waals surface area contributed by atoms with Gasteiger partial charge in [-0.3, -0.25) is 0 Å². The molecule has 0 aliphatic carbocycles. The fourth-order valence-corrected chi connectivity index (χ4v) is 4.35. The highest BCUT2D eigenvalue weighted by atomic mass is 32.1. The number of thiazole rings is 1. The Morgan fingerprint density at radius 2 is 1.82 bits per heavy atom. The molecule has 0 spiro atoms. The highest BCUT2D eigenvalue weighted by Gasteiger charge is 2.20. The number of methoxy groups -OCH3 is 1. The lowest BCUT2D eigenvalue weighted by Gasteiger charge is -2.28. The summed E-state index contributed by atoms with van der Waals surface area (Å²) in [7, 11) is 1.82. The second kappa shape index (κ2) is 13.3. The van der Waals surface area contributed by atoms with E-state index in [2.05, 4.69) is 71.0 Å². The Morgan fingerprint density at radius 3 is 2.43 bits per heavy atom. The Kier molecular flexibility index (Phi) is 11.9. The summed E-state index contributed by atoms with van der Waals surface area (Å²) in [5, 5.41) is 3.28. The Hall–Kier alpha value is -0.930. The lowest BCUT2D eigenvalue weighted by atomic mass is 9.80. The Labute approximate surface area is 178 Å². The summed E-state index contributed by atoms with van der Waals surface area (Å²) < 4.78 is 5.44. The highest BCUT2D eigenvalue weighted by Crippen LogP contribution is 2.29. The zero-order valence-corrected chi connectivity index (χ0v) is 20.4. The first-order valence-electron chi connectivity index (χ1n) is 11.0. The Bertz CT molecular complexity index is 616. The summed E-state index contributed by atoms with van der Waals surface area (Å²) in [4.78, 5) is 4.52. The molecule has 1 aromatic rings. The summed E-state index contributed by atoms with van der Waals surface area (Å²) >= 11 is 1.72. The molecule has 1 heterocycles. The molecule has 0 aliphatic heterocycles. The van der Waals surface area contributed by atoms with Crippen molar-refractivity contribution in [3.63, 3.8) is 0 Å². The van der Waals surface area contributed by atoms with Crippen LogP contribution in [0.4, 0.5) is 0 Å². The highest BCUT2D eigenvalue weighted by molar-refractivity contribution is 7.09. The first-order valence-corrected chi connectivity index (χ1v) is 11.9. The number of nitrogens with zero attached hydrogens (tertiary/aromatic N) is 1. The lowest BCUT2D eigenvalue weighted by molar-refractivity contribution is 0.0815. The van der Waals surface area contributed by atoms with E-state index in [0.717, 1.165) is 47.7 Å². The van der Waals surface area contributed by atoms with Crippen molar-refractivity contribution in [2.75, 3.05) is 7.11 Å². The van der Waals surface area contributed by atoms with Crippen LogP contribution in [0.5, 0.6) is 0 Å². The molecule has 0 fully saturated rings. The van der Waals surface area contributed by atoms with Gasteiger partial charge in [-0.25, -0.2) is 4.98 Å². The van der Waals surface area contributed by atoms with Crippen LogP contribution in [0, 0.1) is 24.7 Å². The van der Waals surface area contributed by atoms with Gasteiger partial charge in [-0.1, -0.05) is 44.4 Å². The molecular weight excluding hydrogens is 362 g/mol. The van der Waals surface area contributed by atoms with Gasteiger partial charge in [0.25, 0.3) is 0 Å². The fraction of sp³-hybridized carbons (Fsp3) is 0.720. The summed E-state index contributed by atoms with van der Waals surface area (Å²) in [6, 6.07) is 0. The van der Waals surface area contributed by atoms with Crippen molar-refractivity contribution in [3.8, 4) is 0 Å². The molecule has 0 amide bonds. The van der Waals surface area contributed by atoms with Gasteiger partial charge in [0.05, 0.1) is 16.8 Å². The Balaban J connectivity index is 2.29. The maximum atomic E-state index is 5.44. The van der Waals surface area contributed by atoms with Gasteiger partial charge in [0.2, 0.25) is 0 Å². The molecule has 0 aliphatic rings. The smallest absolute Gasteiger partial charge is 0.0901 e. The van der Waals surface area contributed by atoms with Gasteiger partial charge in [-0.15, -0.1) is 11.3 Å². The summed E-state index contributed by atoms with van der Waals surface area (Å²) in [6.45, 7) is 16.0. The summed E-state index contributed by atoms with van der Waals surface area (Å²) in [5.41, 5.74) is 4.06. The monoisotopic (exact) mass is 405 g/mol. The number of hydrogen-bond acceptors (Lipinski definition) is 3. The van der Waals surface area contributed by atoms with Crippen LogP contribution in [-0.2, 0) is 4.74 Å². The standard InChI is InChI=1S/C25H43NOS/c1-18(11-9-13-19(2)15-25-17-28-24(7)26-25)12-10-14-20(3)23(6)21(4)16-22(5)27-8/h11,15,17,20-23H,9-10,12-14,16H2,1-8H3/b18-11-,19-15+/t20-,21-,22-,23-/m0/s1. The predicted molar refractivity (Wildman–Crippen MR) is 126 cm³/mol. The van der Waals surface area contributed by atoms with Crippen LogP contribution in [0.3, 0.4) is 0 Å². The summed E-state index contributed by atoms with van der Waals surface area (Å²) in [6.07, 6.45) is 12.3. The molecule has 4 atom stereocenters. The molecule has 2 nitrogen and oxygen atoms in total. The van der Waals surface area contributed by atoms with Crippen LogP contribution in [0.1, 0.15) is 90.8 Å². The van der Waals surface area contributed by atoms with E-state index in [9.17, 15) is 0 Å². The average Bonchev–Trinajstić information content (AvgIpc) is 3.05. The van der Waals surface area contributed by atoms with E-state index in [1.807, 2.05) is 7.11 Å². The number of rotatable bonds is 13. The molecule has 1 aromatic heterocycles. The van der Waals surface area contributed by atoms with Gasteiger partial charge in [0.1, 0.15) is 0 Å². The molecule has 0 radical (unpaired) electrons. The normalized spacial score (nSPS) is 17.4. The fourth-order valence-electron chi connectivity index (χ4n) is 3.78. The van der Waals surface area contributed by atoms with Crippen LogP contribution in [-0.4, -0.2) is 18.2 Å². The number of aromatic nitrogens is 1. The molecule has 0 saturated carbocycles. The number of hydrogen-bond donors (Lipinski definition) is 0. The van der Waals surface area contributed by atoms with Crippen LogP contribution in [0.25, 0.3) is 6.08 Å². The maximum Gasteiger partial charge on any atom is 0.0901 e. The van der Waals surface area contributed by atoms with Crippen molar-refractivity contribution in [1.82, 2.24) is 4.98 Å².